The lowest BCUT2D eigenvalue weighted by molar-refractivity contribution is 0.345. The molecule has 0 saturated heterocycles. The summed E-state index contributed by atoms with van der Waals surface area (Å²) in [5.41, 5.74) is -0.352. The Morgan fingerprint density at radius 3 is 2.20 bits per heavy atom. The van der Waals surface area contributed by atoms with Crippen molar-refractivity contribution >= 4 is 0 Å². The zero-order valence-electron chi connectivity index (χ0n) is 7.23. The Bertz CT molecular complexity index is 135. The van der Waals surface area contributed by atoms with Gasteiger partial charge in [0.2, 0.25) is 0 Å². The Balaban J connectivity index is 4.12. The van der Waals surface area contributed by atoms with Gasteiger partial charge in [-0.25, -0.2) is 0 Å². The molecule has 58 valence electrons. The molecule has 1 N–H and O–H groups in total. The Hall–Kier alpha value is -0.550. The van der Waals surface area contributed by atoms with Gasteiger partial charge in [-0.1, -0.05) is 20.8 Å². The highest BCUT2D eigenvalue weighted by Gasteiger charge is 2.25. The van der Waals surface area contributed by atoms with E-state index in [-0.39, 0.29) is 5.54 Å². The van der Waals surface area contributed by atoms with Crippen LogP contribution in [-0.4, -0.2) is 12.1 Å². The topological polar surface area (TPSA) is 35.8 Å². The van der Waals surface area contributed by atoms with Gasteiger partial charge in [-0.15, -0.1) is 0 Å². The van der Waals surface area contributed by atoms with Crippen LogP contribution >= 0.6 is 0 Å². The highest BCUT2D eigenvalue weighted by atomic mass is 15.0. The van der Waals surface area contributed by atoms with Gasteiger partial charge >= 0.3 is 0 Å². The minimum atomic E-state index is -0.352. The molecule has 10 heavy (non-hydrogen) atoms. The highest BCUT2D eigenvalue weighted by molar-refractivity contribution is 5.05. The Labute approximate surface area is 63.2 Å². The first kappa shape index (κ1) is 9.45. The van der Waals surface area contributed by atoms with E-state index in [2.05, 4.69) is 11.4 Å². The maximum atomic E-state index is 8.77. The van der Waals surface area contributed by atoms with Crippen LogP contribution in [0.4, 0.5) is 0 Å². The van der Waals surface area contributed by atoms with Crippen molar-refractivity contribution in [3.05, 3.63) is 0 Å². The smallest absolute Gasteiger partial charge is 0.106 e. The van der Waals surface area contributed by atoms with Gasteiger partial charge in [0.1, 0.15) is 5.54 Å². The third-order valence-corrected chi connectivity index (χ3v) is 1.93. The van der Waals surface area contributed by atoms with Crippen LogP contribution in [0.1, 0.15) is 27.7 Å². The number of hydrogen-bond acceptors (Lipinski definition) is 2. The molecule has 0 rings (SSSR count). The lowest BCUT2D eigenvalue weighted by Gasteiger charge is -2.26. The molecular weight excluding hydrogens is 124 g/mol. The molecule has 0 radical (unpaired) electrons. The van der Waals surface area contributed by atoms with Crippen molar-refractivity contribution in [1.29, 1.82) is 5.26 Å². The number of hydrogen-bond donors (Lipinski definition) is 1. The molecule has 0 bridgehead atoms. The Morgan fingerprint density at radius 1 is 1.60 bits per heavy atom. The van der Waals surface area contributed by atoms with Gasteiger partial charge in [0.25, 0.3) is 0 Å². The van der Waals surface area contributed by atoms with Crippen molar-refractivity contribution in [2.24, 2.45) is 5.92 Å². The standard InChI is InChI=1S/C8H16N2/c1-5-10-8(4,6-9)7(2)3/h7,10H,5H2,1-4H3. The van der Waals surface area contributed by atoms with Gasteiger partial charge in [0.15, 0.2) is 0 Å². The third-order valence-electron chi connectivity index (χ3n) is 1.93. The maximum absolute atomic E-state index is 8.77. The maximum Gasteiger partial charge on any atom is 0.106 e. The van der Waals surface area contributed by atoms with Crippen LogP contribution in [0.5, 0.6) is 0 Å². The first-order valence-corrected chi connectivity index (χ1v) is 3.73. The van der Waals surface area contributed by atoms with Crippen LogP contribution in [0.25, 0.3) is 0 Å². The molecule has 0 aliphatic heterocycles. The van der Waals surface area contributed by atoms with Crippen LogP contribution in [0.15, 0.2) is 0 Å². The van der Waals surface area contributed by atoms with Crippen LogP contribution in [0.2, 0.25) is 0 Å². The monoisotopic (exact) mass is 140 g/mol. The summed E-state index contributed by atoms with van der Waals surface area (Å²) < 4.78 is 0. The molecule has 0 fully saturated rings. The largest absolute Gasteiger partial charge is 0.300 e. The van der Waals surface area contributed by atoms with E-state index in [0.29, 0.717) is 5.92 Å². The molecular formula is C8H16N2. The number of nitrogens with zero attached hydrogens (tertiary/aromatic N) is 1. The van der Waals surface area contributed by atoms with Crippen LogP contribution < -0.4 is 5.32 Å². The van der Waals surface area contributed by atoms with Gasteiger partial charge in [0.05, 0.1) is 6.07 Å². The number of nitriles is 1. The number of nitrogens with one attached hydrogen (secondary N) is 1. The van der Waals surface area contributed by atoms with E-state index < -0.39 is 0 Å². The molecule has 0 heterocycles. The molecule has 0 aromatic heterocycles. The first-order valence-electron chi connectivity index (χ1n) is 3.73. The third kappa shape index (κ3) is 2.00. The van der Waals surface area contributed by atoms with Crippen LogP contribution in [0.3, 0.4) is 0 Å². The summed E-state index contributed by atoms with van der Waals surface area (Å²) >= 11 is 0. The molecule has 0 spiro atoms. The molecule has 2 nitrogen and oxygen atoms in total. The lowest BCUT2D eigenvalue weighted by Crippen LogP contribution is -2.45. The molecule has 0 saturated carbocycles. The average Bonchev–Trinajstić information content (AvgIpc) is 1.88. The Kier molecular flexibility index (Phi) is 3.38. The van der Waals surface area contributed by atoms with Crippen molar-refractivity contribution in [3.8, 4) is 6.07 Å². The molecule has 0 aliphatic carbocycles. The summed E-state index contributed by atoms with van der Waals surface area (Å²) in [7, 11) is 0. The fourth-order valence-electron chi connectivity index (χ4n) is 0.740. The molecule has 1 atom stereocenters. The highest BCUT2D eigenvalue weighted by Crippen LogP contribution is 2.14. The van der Waals surface area contributed by atoms with Crippen molar-refractivity contribution in [2.75, 3.05) is 6.54 Å². The molecule has 0 amide bonds. The Morgan fingerprint density at radius 2 is 2.10 bits per heavy atom. The van der Waals surface area contributed by atoms with Gasteiger partial charge < -0.3 is 0 Å². The van der Waals surface area contributed by atoms with Crippen LogP contribution in [-0.2, 0) is 0 Å². The van der Waals surface area contributed by atoms with Gasteiger partial charge in [-0.2, -0.15) is 5.26 Å². The van der Waals surface area contributed by atoms with E-state index in [1.165, 1.54) is 0 Å². The summed E-state index contributed by atoms with van der Waals surface area (Å²) in [6.07, 6.45) is 0. The molecule has 1 unspecified atom stereocenters. The first-order chi connectivity index (χ1) is 4.56. The molecule has 0 aliphatic rings. The summed E-state index contributed by atoms with van der Waals surface area (Å²) in [5, 5.41) is 11.9. The van der Waals surface area contributed by atoms with Gasteiger partial charge in [0, 0.05) is 0 Å². The zero-order chi connectivity index (χ0) is 8.20. The second kappa shape index (κ2) is 3.58. The fraction of sp³-hybridized carbons (Fsp3) is 0.875. The zero-order valence-corrected chi connectivity index (χ0v) is 7.23. The summed E-state index contributed by atoms with van der Waals surface area (Å²) in [4.78, 5) is 0. The van der Waals surface area contributed by atoms with Gasteiger partial charge in [-0.05, 0) is 19.4 Å². The second-order valence-electron chi connectivity index (χ2n) is 3.00. The predicted molar refractivity (Wildman–Crippen MR) is 42.5 cm³/mol. The van der Waals surface area contributed by atoms with E-state index in [1.54, 1.807) is 0 Å². The molecule has 2 heteroatoms. The quantitative estimate of drug-likeness (QED) is 0.645. The summed E-state index contributed by atoms with van der Waals surface area (Å²) in [5.74, 6) is 0.359. The summed E-state index contributed by atoms with van der Waals surface area (Å²) in [6, 6.07) is 2.27. The van der Waals surface area contributed by atoms with E-state index in [9.17, 15) is 0 Å². The van der Waals surface area contributed by atoms with Crippen LogP contribution in [0, 0.1) is 17.2 Å². The van der Waals surface area contributed by atoms with E-state index >= 15 is 0 Å². The van der Waals surface area contributed by atoms with Crippen molar-refractivity contribution in [1.82, 2.24) is 5.32 Å². The summed E-state index contributed by atoms with van der Waals surface area (Å²) in [6.45, 7) is 8.89. The minimum absolute atomic E-state index is 0.352. The molecule has 0 aromatic rings. The predicted octanol–water partition coefficient (Wildman–Crippen LogP) is 1.53. The van der Waals surface area contributed by atoms with E-state index in [4.69, 9.17) is 5.26 Å². The lowest BCUT2D eigenvalue weighted by atomic mass is 9.90. The van der Waals surface area contributed by atoms with Gasteiger partial charge in [-0.3, -0.25) is 5.32 Å². The SMILES string of the molecule is CCNC(C)(C#N)C(C)C. The van der Waals surface area contributed by atoms with E-state index in [1.807, 2.05) is 27.7 Å². The van der Waals surface area contributed by atoms with Crippen molar-refractivity contribution in [3.63, 3.8) is 0 Å². The van der Waals surface area contributed by atoms with Crippen molar-refractivity contribution < 1.29 is 0 Å². The minimum Gasteiger partial charge on any atom is -0.300 e. The fourth-order valence-corrected chi connectivity index (χ4v) is 0.740. The van der Waals surface area contributed by atoms with E-state index in [0.717, 1.165) is 6.54 Å². The van der Waals surface area contributed by atoms with Crippen molar-refractivity contribution in [2.45, 2.75) is 33.2 Å². The molecule has 0 aromatic carbocycles. The average molecular weight is 140 g/mol. The second-order valence-corrected chi connectivity index (χ2v) is 3.00. The number of rotatable bonds is 3. The normalized spacial score (nSPS) is 16.4.